The van der Waals surface area contributed by atoms with Crippen LogP contribution >= 0.6 is 11.6 Å². The van der Waals surface area contributed by atoms with Crippen molar-refractivity contribution in [1.82, 2.24) is 9.97 Å². The van der Waals surface area contributed by atoms with Crippen LogP contribution in [0.25, 0.3) is 0 Å². The van der Waals surface area contributed by atoms with Crippen LogP contribution in [0.2, 0.25) is 5.02 Å². The average Bonchev–Trinajstić information content (AvgIpc) is 2.80. The van der Waals surface area contributed by atoms with Gasteiger partial charge in [0.25, 0.3) is 0 Å². The van der Waals surface area contributed by atoms with Crippen molar-refractivity contribution < 1.29 is 14.3 Å². The third-order valence-corrected chi connectivity index (χ3v) is 3.57. The maximum Gasteiger partial charge on any atom is 0.318 e. The van der Waals surface area contributed by atoms with E-state index in [1.807, 2.05) is 11.8 Å². The molecule has 0 spiro atoms. The normalized spacial score (nSPS) is 22.4. The lowest BCUT2D eigenvalue weighted by molar-refractivity contribution is -0.145. The molecule has 1 aliphatic rings. The number of methoxy groups -OCH3 is 2. The molecule has 1 aromatic heterocycles. The summed E-state index contributed by atoms with van der Waals surface area (Å²) in [7, 11) is 2.90. The lowest BCUT2D eigenvalue weighted by Gasteiger charge is -2.18. The van der Waals surface area contributed by atoms with Crippen LogP contribution in [-0.2, 0) is 9.53 Å². The highest BCUT2D eigenvalue weighted by Crippen LogP contribution is 2.32. The van der Waals surface area contributed by atoms with E-state index in [0.717, 1.165) is 0 Å². The predicted octanol–water partition coefficient (Wildman–Crippen LogP) is 1.38. The maximum atomic E-state index is 11.7. The molecule has 1 aliphatic heterocycles. The van der Waals surface area contributed by atoms with Crippen LogP contribution in [-0.4, -0.2) is 43.2 Å². The molecule has 0 radical (unpaired) electrons. The van der Waals surface area contributed by atoms with E-state index in [1.54, 1.807) is 0 Å². The van der Waals surface area contributed by atoms with E-state index < -0.39 is 0 Å². The van der Waals surface area contributed by atoms with Crippen LogP contribution in [0, 0.1) is 11.8 Å². The van der Waals surface area contributed by atoms with Crippen LogP contribution in [0.5, 0.6) is 6.01 Å². The summed E-state index contributed by atoms with van der Waals surface area (Å²) >= 11 is 6.10. The standard InChI is InChI=1S/C12H16ClN3O3/c1-7-5-16(6-8(7)11(17)18-2)10-9(13)4-14-12(15-10)19-3/h4,7-8H,5-6H2,1-3H3. The van der Waals surface area contributed by atoms with Crippen molar-refractivity contribution in [2.24, 2.45) is 11.8 Å². The molecule has 7 heteroatoms. The fraction of sp³-hybridized carbons (Fsp3) is 0.583. The largest absolute Gasteiger partial charge is 0.469 e. The van der Waals surface area contributed by atoms with Gasteiger partial charge in [-0.2, -0.15) is 4.98 Å². The van der Waals surface area contributed by atoms with E-state index in [1.165, 1.54) is 20.4 Å². The van der Waals surface area contributed by atoms with Gasteiger partial charge in [0.05, 0.1) is 26.3 Å². The van der Waals surface area contributed by atoms with Crippen molar-refractivity contribution >= 4 is 23.4 Å². The Balaban J connectivity index is 2.22. The van der Waals surface area contributed by atoms with E-state index >= 15 is 0 Å². The molecule has 19 heavy (non-hydrogen) atoms. The number of ether oxygens (including phenoxy) is 2. The number of esters is 1. The summed E-state index contributed by atoms with van der Waals surface area (Å²) < 4.78 is 9.80. The maximum absolute atomic E-state index is 11.7. The zero-order valence-corrected chi connectivity index (χ0v) is 11.8. The number of hydrogen-bond donors (Lipinski definition) is 0. The lowest BCUT2D eigenvalue weighted by atomic mass is 9.99. The van der Waals surface area contributed by atoms with Gasteiger partial charge in [0.15, 0.2) is 5.82 Å². The van der Waals surface area contributed by atoms with E-state index in [0.29, 0.717) is 23.9 Å². The summed E-state index contributed by atoms with van der Waals surface area (Å²) in [6.45, 7) is 3.24. The van der Waals surface area contributed by atoms with Crippen molar-refractivity contribution in [3.05, 3.63) is 11.2 Å². The molecule has 0 bridgehead atoms. The first kappa shape index (κ1) is 13.9. The summed E-state index contributed by atoms with van der Waals surface area (Å²) in [5.41, 5.74) is 0. The number of rotatable bonds is 3. The molecule has 2 rings (SSSR count). The minimum atomic E-state index is -0.202. The topological polar surface area (TPSA) is 64.5 Å². The Bertz CT molecular complexity index is 483. The summed E-state index contributed by atoms with van der Waals surface area (Å²) in [4.78, 5) is 21.8. The van der Waals surface area contributed by atoms with Gasteiger partial charge >= 0.3 is 12.0 Å². The number of aromatic nitrogens is 2. The predicted molar refractivity (Wildman–Crippen MR) is 70.5 cm³/mol. The highest BCUT2D eigenvalue weighted by atomic mass is 35.5. The van der Waals surface area contributed by atoms with Crippen LogP contribution in [0.3, 0.4) is 0 Å². The molecule has 6 nitrogen and oxygen atoms in total. The fourth-order valence-electron chi connectivity index (χ4n) is 2.26. The van der Waals surface area contributed by atoms with E-state index in [4.69, 9.17) is 21.1 Å². The van der Waals surface area contributed by atoms with Crippen molar-refractivity contribution in [1.29, 1.82) is 0 Å². The molecular weight excluding hydrogens is 270 g/mol. The zero-order valence-electron chi connectivity index (χ0n) is 11.1. The summed E-state index contributed by atoms with van der Waals surface area (Å²) in [5.74, 6) is 0.408. The first-order valence-electron chi connectivity index (χ1n) is 5.96. The lowest BCUT2D eigenvalue weighted by Crippen LogP contribution is -2.25. The molecule has 0 N–H and O–H groups in total. The van der Waals surface area contributed by atoms with Crippen LogP contribution < -0.4 is 9.64 Å². The first-order chi connectivity index (χ1) is 9.06. The zero-order chi connectivity index (χ0) is 14.0. The molecule has 2 unspecified atom stereocenters. The Morgan fingerprint density at radius 1 is 1.47 bits per heavy atom. The second-order valence-electron chi connectivity index (χ2n) is 4.54. The Labute approximate surface area is 116 Å². The average molecular weight is 286 g/mol. The Kier molecular flexibility index (Phi) is 4.09. The van der Waals surface area contributed by atoms with Gasteiger partial charge in [0, 0.05) is 13.1 Å². The van der Waals surface area contributed by atoms with E-state index in [-0.39, 0.29) is 23.8 Å². The minimum Gasteiger partial charge on any atom is -0.469 e. The second-order valence-corrected chi connectivity index (χ2v) is 4.95. The van der Waals surface area contributed by atoms with Crippen molar-refractivity contribution in [3.8, 4) is 6.01 Å². The molecule has 1 saturated heterocycles. The fourth-order valence-corrected chi connectivity index (χ4v) is 2.47. The summed E-state index contributed by atoms with van der Waals surface area (Å²) in [5, 5.41) is 0.443. The number of carbonyl (C=O) groups excluding carboxylic acids is 1. The number of carbonyl (C=O) groups is 1. The third kappa shape index (κ3) is 2.73. The van der Waals surface area contributed by atoms with E-state index in [2.05, 4.69) is 9.97 Å². The van der Waals surface area contributed by atoms with Gasteiger partial charge in [0.1, 0.15) is 5.02 Å². The van der Waals surface area contributed by atoms with Crippen molar-refractivity contribution in [2.45, 2.75) is 6.92 Å². The number of halogens is 1. The first-order valence-corrected chi connectivity index (χ1v) is 6.34. The quantitative estimate of drug-likeness (QED) is 0.782. The minimum absolute atomic E-state index is 0.165. The molecule has 0 aliphatic carbocycles. The molecule has 0 saturated carbocycles. The van der Waals surface area contributed by atoms with Gasteiger partial charge in [-0.25, -0.2) is 4.98 Å². The monoisotopic (exact) mass is 285 g/mol. The van der Waals surface area contributed by atoms with Gasteiger partial charge in [-0.15, -0.1) is 0 Å². The van der Waals surface area contributed by atoms with Gasteiger partial charge in [-0.05, 0) is 5.92 Å². The van der Waals surface area contributed by atoms with Crippen molar-refractivity contribution in [2.75, 3.05) is 32.2 Å². The molecule has 2 heterocycles. The summed E-state index contributed by atoms with van der Waals surface area (Å²) in [6, 6.07) is 0.258. The SMILES string of the molecule is COC(=O)C1CN(c2nc(OC)ncc2Cl)CC1C. The number of nitrogens with zero attached hydrogens (tertiary/aromatic N) is 3. The van der Waals surface area contributed by atoms with Gasteiger partial charge in [-0.1, -0.05) is 18.5 Å². The van der Waals surface area contributed by atoms with Crippen LogP contribution in [0.1, 0.15) is 6.92 Å². The Morgan fingerprint density at radius 3 is 2.84 bits per heavy atom. The third-order valence-electron chi connectivity index (χ3n) is 3.30. The second kappa shape index (κ2) is 5.61. The Hall–Kier alpha value is -1.56. The molecule has 1 fully saturated rings. The van der Waals surface area contributed by atoms with Crippen molar-refractivity contribution in [3.63, 3.8) is 0 Å². The van der Waals surface area contributed by atoms with Gasteiger partial charge < -0.3 is 14.4 Å². The number of anilines is 1. The van der Waals surface area contributed by atoms with E-state index in [9.17, 15) is 4.79 Å². The molecule has 0 amide bonds. The molecule has 104 valence electrons. The highest BCUT2D eigenvalue weighted by molar-refractivity contribution is 6.32. The molecule has 0 aromatic carbocycles. The molecule has 2 atom stereocenters. The molecule has 1 aromatic rings. The van der Waals surface area contributed by atoms with Gasteiger partial charge in [-0.3, -0.25) is 4.79 Å². The van der Waals surface area contributed by atoms with Gasteiger partial charge in [0.2, 0.25) is 0 Å². The number of hydrogen-bond acceptors (Lipinski definition) is 6. The highest BCUT2D eigenvalue weighted by Gasteiger charge is 2.37. The van der Waals surface area contributed by atoms with Crippen LogP contribution in [0.15, 0.2) is 6.20 Å². The Morgan fingerprint density at radius 2 is 2.21 bits per heavy atom. The smallest absolute Gasteiger partial charge is 0.318 e. The molecular formula is C12H16ClN3O3. The summed E-state index contributed by atoms with van der Waals surface area (Å²) in [6.07, 6.45) is 1.50. The van der Waals surface area contributed by atoms with Crippen LogP contribution in [0.4, 0.5) is 5.82 Å².